The van der Waals surface area contributed by atoms with Gasteiger partial charge >= 0.3 is 6.61 Å². The number of carbonyl (C=O) groups excluding carboxylic acids is 1. The molecule has 33 heavy (non-hydrogen) atoms. The lowest BCUT2D eigenvalue weighted by Gasteiger charge is -2.18. The highest BCUT2D eigenvalue weighted by Gasteiger charge is 2.17. The highest BCUT2D eigenvalue weighted by molar-refractivity contribution is 7.99. The largest absolute Gasteiger partial charge is 0.435 e. The Bertz CT molecular complexity index is 1310. The molecule has 0 radical (unpaired) electrons. The lowest BCUT2D eigenvalue weighted by Crippen LogP contribution is -2.28. The van der Waals surface area contributed by atoms with Gasteiger partial charge < -0.3 is 9.64 Å². The summed E-state index contributed by atoms with van der Waals surface area (Å²) in [5.74, 6) is -0.0144. The molecule has 0 aliphatic heterocycles. The number of para-hydroxylation sites is 1. The second kappa shape index (κ2) is 10.1. The van der Waals surface area contributed by atoms with Crippen LogP contribution in [0.25, 0.3) is 15.9 Å². The number of amides is 1. The number of nitrogens with zero attached hydrogens (tertiary/aromatic N) is 3. The molecule has 0 aliphatic carbocycles. The molecule has 4 rings (SSSR count). The second-order valence-corrected chi connectivity index (χ2v) is 8.91. The Labute approximate surface area is 196 Å². The van der Waals surface area contributed by atoms with Crippen LogP contribution in [0.1, 0.15) is 5.56 Å². The van der Waals surface area contributed by atoms with Crippen LogP contribution in [-0.4, -0.2) is 39.8 Å². The summed E-state index contributed by atoms with van der Waals surface area (Å²) in [5, 5.41) is 2.80. The van der Waals surface area contributed by atoms with E-state index in [4.69, 9.17) is 0 Å². The number of halogens is 2. The predicted octanol–water partition coefficient (Wildman–Crippen LogP) is 4.80. The zero-order valence-corrected chi connectivity index (χ0v) is 19.1. The highest BCUT2D eigenvalue weighted by atomic mass is 32.2. The third-order valence-corrected chi connectivity index (χ3v) is 6.53. The molecule has 0 saturated heterocycles. The smallest absolute Gasteiger partial charge is 0.387 e. The van der Waals surface area contributed by atoms with E-state index in [1.807, 2.05) is 35.7 Å². The SMILES string of the molecule is CN(Cc1ccc(OC(F)F)cc1)C(=O)CSc1nc2sccc2c(=O)n1-c1ccccc1. The third-order valence-electron chi connectivity index (χ3n) is 4.80. The molecule has 0 spiro atoms. The fourth-order valence-corrected chi connectivity index (χ4v) is 4.93. The van der Waals surface area contributed by atoms with Crippen molar-refractivity contribution < 1.29 is 18.3 Å². The van der Waals surface area contributed by atoms with E-state index in [0.717, 1.165) is 5.56 Å². The molecule has 2 heterocycles. The van der Waals surface area contributed by atoms with E-state index < -0.39 is 6.61 Å². The van der Waals surface area contributed by atoms with E-state index >= 15 is 0 Å². The van der Waals surface area contributed by atoms with Crippen LogP contribution in [0.5, 0.6) is 5.75 Å². The lowest BCUT2D eigenvalue weighted by molar-refractivity contribution is -0.127. The van der Waals surface area contributed by atoms with Crippen molar-refractivity contribution in [3.63, 3.8) is 0 Å². The Morgan fingerprint density at radius 1 is 1.15 bits per heavy atom. The van der Waals surface area contributed by atoms with Gasteiger partial charge in [0, 0.05) is 13.6 Å². The summed E-state index contributed by atoms with van der Waals surface area (Å²) in [6.45, 7) is -2.58. The molecule has 0 atom stereocenters. The standard InChI is InChI=1S/C23H19F2N3O3S2/c1-27(13-15-7-9-17(10-8-15)31-22(24)25)19(29)14-33-23-26-20-18(11-12-32-20)21(30)28(23)16-5-3-2-4-6-16/h2-12,22H,13-14H2,1H3. The molecule has 0 fully saturated rings. The first-order chi connectivity index (χ1) is 15.9. The molecule has 1 amide bonds. The number of fused-ring (bicyclic) bond motifs is 1. The number of thioether (sulfide) groups is 1. The number of aromatic nitrogens is 2. The predicted molar refractivity (Wildman–Crippen MR) is 125 cm³/mol. The Morgan fingerprint density at radius 3 is 2.58 bits per heavy atom. The first-order valence-electron chi connectivity index (χ1n) is 9.88. The van der Waals surface area contributed by atoms with E-state index in [9.17, 15) is 18.4 Å². The van der Waals surface area contributed by atoms with Crippen molar-refractivity contribution in [3.8, 4) is 11.4 Å². The van der Waals surface area contributed by atoms with Crippen LogP contribution in [0, 0.1) is 0 Å². The van der Waals surface area contributed by atoms with Gasteiger partial charge in [-0.1, -0.05) is 42.1 Å². The minimum atomic E-state index is -2.88. The summed E-state index contributed by atoms with van der Waals surface area (Å²) in [6, 6.07) is 17.1. The first-order valence-corrected chi connectivity index (χ1v) is 11.7. The molecule has 170 valence electrons. The minimum Gasteiger partial charge on any atom is -0.435 e. The van der Waals surface area contributed by atoms with Gasteiger partial charge in [-0.3, -0.25) is 14.2 Å². The maximum Gasteiger partial charge on any atom is 0.387 e. The summed E-state index contributed by atoms with van der Waals surface area (Å²) in [7, 11) is 1.66. The number of ether oxygens (including phenoxy) is 1. The lowest BCUT2D eigenvalue weighted by atomic mass is 10.2. The number of hydrogen-bond acceptors (Lipinski definition) is 6. The number of thiophene rings is 1. The van der Waals surface area contributed by atoms with E-state index in [2.05, 4.69) is 9.72 Å². The van der Waals surface area contributed by atoms with Crippen LogP contribution in [0.15, 0.2) is 76.0 Å². The van der Waals surface area contributed by atoms with Crippen LogP contribution in [-0.2, 0) is 11.3 Å². The normalized spacial score (nSPS) is 11.2. The van der Waals surface area contributed by atoms with Crippen molar-refractivity contribution in [3.05, 3.63) is 82.0 Å². The maximum absolute atomic E-state index is 13.1. The van der Waals surface area contributed by atoms with Gasteiger partial charge in [-0.25, -0.2) is 4.98 Å². The zero-order chi connectivity index (χ0) is 23.4. The summed E-state index contributed by atoms with van der Waals surface area (Å²) in [4.78, 5) is 32.6. The average molecular weight is 488 g/mol. The third kappa shape index (κ3) is 5.40. The van der Waals surface area contributed by atoms with Gasteiger partial charge in [0.2, 0.25) is 5.91 Å². The molecule has 0 bridgehead atoms. The van der Waals surface area contributed by atoms with Crippen molar-refractivity contribution in [2.45, 2.75) is 18.3 Å². The molecule has 2 aromatic heterocycles. The van der Waals surface area contributed by atoms with E-state index in [-0.39, 0.29) is 23.0 Å². The maximum atomic E-state index is 13.1. The summed E-state index contributed by atoms with van der Waals surface area (Å²) >= 11 is 2.57. The van der Waals surface area contributed by atoms with Crippen molar-refractivity contribution in [1.29, 1.82) is 0 Å². The molecule has 0 aliphatic rings. The Kier molecular flexibility index (Phi) is 7.05. The summed E-state index contributed by atoms with van der Waals surface area (Å²) in [5.41, 5.74) is 1.27. The Balaban J connectivity index is 1.49. The van der Waals surface area contributed by atoms with Gasteiger partial charge in [0.05, 0.1) is 16.8 Å². The van der Waals surface area contributed by atoms with Crippen LogP contribution >= 0.6 is 23.1 Å². The molecular formula is C23H19F2N3O3S2. The minimum absolute atomic E-state index is 0.0622. The van der Waals surface area contributed by atoms with Gasteiger partial charge in [-0.05, 0) is 41.3 Å². The molecule has 2 aromatic carbocycles. The number of benzene rings is 2. The number of hydrogen-bond donors (Lipinski definition) is 0. The number of alkyl halides is 2. The molecule has 0 unspecified atom stereocenters. The van der Waals surface area contributed by atoms with Gasteiger partial charge in [0.1, 0.15) is 10.6 Å². The zero-order valence-electron chi connectivity index (χ0n) is 17.5. The fraction of sp³-hybridized carbons (Fsp3) is 0.174. The van der Waals surface area contributed by atoms with Crippen molar-refractivity contribution >= 4 is 39.2 Å². The fourth-order valence-electron chi connectivity index (χ4n) is 3.17. The molecule has 0 saturated carbocycles. The van der Waals surface area contributed by atoms with Crippen LogP contribution < -0.4 is 10.3 Å². The summed E-state index contributed by atoms with van der Waals surface area (Å²) < 4.78 is 30.4. The van der Waals surface area contributed by atoms with Crippen molar-refractivity contribution in [2.75, 3.05) is 12.8 Å². The van der Waals surface area contributed by atoms with Crippen LogP contribution in [0.2, 0.25) is 0 Å². The van der Waals surface area contributed by atoms with Gasteiger partial charge in [0.25, 0.3) is 5.56 Å². The van der Waals surface area contributed by atoms with Crippen LogP contribution in [0.4, 0.5) is 8.78 Å². The van der Waals surface area contributed by atoms with Gasteiger partial charge in [-0.15, -0.1) is 11.3 Å². The van der Waals surface area contributed by atoms with Crippen molar-refractivity contribution in [2.24, 2.45) is 0 Å². The highest BCUT2D eigenvalue weighted by Crippen LogP contribution is 2.24. The van der Waals surface area contributed by atoms with Gasteiger partial charge in [-0.2, -0.15) is 8.78 Å². The molecule has 6 nitrogen and oxygen atoms in total. The molecule has 10 heteroatoms. The monoisotopic (exact) mass is 487 g/mol. The van der Waals surface area contributed by atoms with Gasteiger partial charge in [0.15, 0.2) is 5.16 Å². The number of rotatable bonds is 8. The Morgan fingerprint density at radius 2 is 1.88 bits per heavy atom. The average Bonchev–Trinajstić information content (AvgIpc) is 3.28. The number of carbonyl (C=O) groups is 1. The molecular weight excluding hydrogens is 468 g/mol. The van der Waals surface area contributed by atoms with E-state index in [1.54, 1.807) is 25.2 Å². The van der Waals surface area contributed by atoms with E-state index in [0.29, 0.717) is 27.6 Å². The second-order valence-electron chi connectivity index (χ2n) is 7.07. The topological polar surface area (TPSA) is 64.4 Å². The van der Waals surface area contributed by atoms with Crippen LogP contribution in [0.3, 0.4) is 0 Å². The first kappa shape index (κ1) is 22.9. The Hall–Kier alpha value is -3.24. The van der Waals surface area contributed by atoms with Crippen molar-refractivity contribution in [1.82, 2.24) is 14.5 Å². The molecule has 4 aromatic rings. The summed E-state index contributed by atoms with van der Waals surface area (Å²) in [6.07, 6.45) is 0. The quantitative estimate of drug-likeness (QED) is 0.264. The molecule has 0 N–H and O–H groups in total. The van der Waals surface area contributed by atoms with E-state index in [1.165, 1.54) is 44.7 Å².